The molecule has 0 aliphatic heterocycles. The number of rotatable bonds is 5. The first-order chi connectivity index (χ1) is 9.58. The second-order valence-corrected chi connectivity index (χ2v) is 5.72. The molecule has 0 bridgehead atoms. The molecule has 104 valence electrons. The largest absolute Gasteiger partial charge is 0.481 e. The Hall–Kier alpha value is -1.94. The van der Waals surface area contributed by atoms with Crippen molar-refractivity contribution in [3.63, 3.8) is 0 Å². The van der Waals surface area contributed by atoms with Crippen LogP contribution in [0.25, 0.3) is 0 Å². The van der Waals surface area contributed by atoms with E-state index in [1.54, 1.807) is 0 Å². The van der Waals surface area contributed by atoms with Crippen LogP contribution in [0, 0.1) is 6.92 Å². The monoisotopic (exact) mass is 287 g/mol. The minimum absolute atomic E-state index is 0.465. The smallest absolute Gasteiger partial charge is 0.311 e. The van der Waals surface area contributed by atoms with Gasteiger partial charge in [0.1, 0.15) is 0 Å². The van der Waals surface area contributed by atoms with Crippen molar-refractivity contribution in [3.05, 3.63) is 59.7 Å². The first kappa shape index (κ1) is 14.5. The Bertz CT molecular complexity index is 599. The molecular weight excluding hydrogens is 270 g/mol. The number of hydrogen-bond acceptors (Lipinski definition) is 3. The van der Waals surface area contributed by atoms with E-state index >= 15 is 0 Å². The van der Waals surface area contributed by atoms with Crippen LogP contribution < -0.4 is 5.73 Å². The van der Waals surface area contributed by atoms with Gasteiger partial charge in [-0.15, -0.1) is 11.8 Å². The molecule has 0 spiro atoms. The van der Waals surface area contributed by atoms with E-state index in [9.17, 15) is 9.90 Å². The Balaban J connectivity index is 2.14. The van der Waals surface area contributed by atoms with Gasteiger partial charge >= 0.3 is 5.97 Å². The summed E-state index contributed by atoms with van der Waals surface area (Å²) < 4.78 is 0. The Morgan fingerprint density at radius 2 is 1.95 bits per heavy atom. The van der Waals surface area contributed by atoms with Crippen molar-refractivity contribution in [2.45, 2.75) is 17.7 Å². The van der Waals surface area contributed by atoms with Gasteiger partial charge in [0, 0.05) is 16.3 Å². The third kappa shape index (κ3) is 3.54. The number of carboxylic acid groups (broad SMARTS) is 1. The number of benzene rings is 2. The van der Waals surface area contributed by atoms with Gasteiger partial charge in [-0.2, -0.15) is 0 Å². The second-order valence-electron chi connectivity index (χ2n) is 4.65. The lowest BCUT2D eigenvalue weighted by molar-refractivity contribution is -0.138. The van der Waals surface area contributed by atoms with E-state index < -0.39 is 11.9 Å². The van der Waals surface area contributed by atoms with Crippen molar-refractivity contribution < 1.29 is 9.90 Å². The number of nitrogens with two attached hydrogens (primary N) is 1. The molecule has 4 heteroatoms. The Morgan fingerprint density at radius 1 is 1.25 bits per heavy atom. The zero-order valence-electron chi connectivity index (χ0n) is 11.2. The maximum absolute atomic E-state index is 11.4. The molecule has 3 nitrogen and oxygen atoms in total. The summed E-state index contributed by atoms with van der Waals surface area (Å²) in [5, 5.41) is 9.38. The maximum atomic E-state index is 11.4. The van der Waals surface area contributed by atoms with E-state index in [0.717, 1.165) is 16.0 Å². The average Bonchev–Trinajstić information content (AvgIpc) is 2.43. The molecule has 3 N–H and O–H groups in total. The van der Waals surface area contributed by atoms with Crippen molar-refractivity contribution >= 4 is 23.4 Å². The lowest BCUT2D eigenvalue weighted by atomic mass is 10.0. The molecule has 0 aromatic heterocycles. The molecule has 0 amide bonds. The number of carboxylic acids is 1. The van der Waals surface area contributed by atoms with Crippen molar-refractivity contribution in [3.8, 4) is 0 Å². The van der Waals surface area contributed by atoms with E-state index in [1.807, 2.05) is 55.5 Å². The zero-order valence-corrected chi connectivity index (χ0v) is 12.1. The number of nitrogen functional groups attached to an aromatic ring is 1. The van der Waals surface area contributed by atoms with Crippen LogP contribution in [0.4, 0.5) is 5.69 Å². The molecule has 2 rings (SSSR count). The minimum Gasteiger partial charge on any atom is -0.481 e. The molecule has 1 atom stereocenters. The number of thioether (sulfide) groups is 1. The Morgan fingerprint density at radius 3 is 2.60 bits per heavy atom. The van der Waals surface area contributed by atoms with Crippen molar-refractivity contribution in [1.29, 1.82) is 0 Å². The number of anilines is 1. The summed E-state index contributed by atoms with van der Waals surface area (Å²) in [7, 11) is 0. The Labute approximate surface area is 122 Å². The van der Waals surface area contributed by atoms with Crippen molar-refractivity contribution in [2.24, 2.45) is 0 Å². The van der Waals surface area contributed by atoms with Crippen LogP contribution in [0.2, 0.25) is 0 Å². The standard InChI is InChI=1S/C16H17NO2S/c1-11-7-8-14(17)15(9-11)20-10-13(16(18)19)12-5-3-2-4-6-12/h2-9,13H,10,17H2,1H3,(H,18,19). The summed E-state index contributed by atoms with van der Waals surface area (Å²) in [5.74, 6) is -0.872. The van der Waals surface area contributed by atoms with Gasteiger partial charge in [0.2, 0.25) is 0 Å². The molecule has 0 fully saturated rings. The minimum atomic E-state index is -0.810. The van der Waals surface area contributed by atoms with Gasteiger partial charge < -0.3 is 10.8 Å². The van der Waals surface area contributed by atoms with E-state index in [0.29, 0.717) is 11.4 Å². The molecule has 1 unspecified atom stereocenters. The summed E-state index contributed by atoms with van der Waals surface area (Å²) >= 11 is 1.49. The normalized spacial score (nSPS) is 12.1. The second kappa shape index (κ2) is 6.48. The summed E-state index contributed by atoms with van der Waals surface area (Å²) in [6, 6.07) is 15.1. The van der Waals surface area contributed by atoms with Gasteiger partial charge in [0.05, 0.1) is 5.92 Å². The van der Waals surface area contributed by atoms with Crippen LogP contribution in [-0.4, -0.2) is 16.8 Å². The van der Waals surface area contributed by atoms with Gasteiger partial charge in [0.15, 0.2) is 0 Å². The van der Waals surface area contributed by atoms with Crippen molar-refractivity contribution in [2.75, 3.05) is 11.5 Å². The summed E-state index contributed by atoms with van der Waals surface area (Å²) in [5.41, 5.74) is 8.55. The molecule has 20 heavy (non-hydrogen) atoms. The Kier molecular flexibility index (Phi) is 4.69. The summed E-state index contributed by atoms with van der Waals surface area (Å²) in [6.45, 7) is 2.00. The van der Waals surface area contributed by atoms with Gasteiger partial charge in [-0.3, -0.25) is 4.79 Å². The molecular formula is C16H17NO2S. The third-order valence-corrected chi connectivity index (χ3v) is 4.24. The topological polar surface area (TPSA) is 63.3 Å². The highest BCUT2D eigenvalue weighted by Crippen LogP contribution is 2.30. The van der Waals surface area contributed by atoms with Gasteiger partial charge in [-0.1, -0.05) is 36.4 Å². The van der Waals surface area contributed by atoms with Crippen LogP contribution in [0.15, 0.2) is 53.4 Å². The highest BCUT2D eigenvalue weighted by atomic mass is 32.2. The SMILES string of the molecule is Cc1ccc(N)c(SCC(C(=O)O)c2ccccc2)c1. The predicted octanol–water partition coefficient (Wildman–Crippen LogP) is 3.54. The van der Waals surface area contributed by atoms with Crippen LogP contribution in [0.5, 0.6) is 0 Å². The number of carbonyl (C=O) groups is 1. The summed E-state index contributed by atoms with van der Waals surface area (Å²) in [4.78, 5) is 12.4. The molecule has 0 saturated heterocycles. The molecule has 2 aromatic rings. The molecule has 0 aliphatic carbocycles. The molecule has 2 aromatic carbocycles. The highest BCUT2D eigenvalue weighted by Gasteiger charge is 2.20. The fraction of sp³-hybridized carbons (Fsp3) is 0.188. The van der Waals surface area contributed by atoms with Crippen LogP contribution >= 0.6 is 11.8 Å². The van der Waals surface area contributed by atoms with Crippen LogP contribution in [0.3, 0.4) is 0 Å². The van der Waals surface area contributed by atoms with E-state index in [-0.39, 0.29) is 0 Å². The zero-order chi connectivity index (χ0) is 14.5. The fourth-order valence-electron chi connectivity index (χ4n) is 1.94. The first-order valence-electron chi connectivity index (χ1n) is 6.34. The van der Waals surface area contributed by atoms with Crippen LogP contribution in [0.1, 0.15) is 17.0 Å². The quantitative estimate of drug-likeness (QED) is 0.652. The molecule has 0 radical (unpaired) electrons. The summed E-state index contributed by atoms with van der Waals surface area (Å²) in [6.07, 6.45) is 0. The van der Waals surface area contributed by atoms with E-state index in [2.05, 4.69) is 0 Å². The van der Waals surface area contributed by atoms with Crippen LogP contribution in [-0.2, 0) is 4.79 Å². The average molecular weight is 287 g/mol. The lowest BCUT2D eigenvalue weighted by Crippen LogP contribution is -2.14. The first-order valence-corrected chi connectivity index (χ1v) is 7.33. The van der Waals surface area contributed by atoms with E-state index in [1.165, 1.54) is 11.8 Å². The van der Waals surface area contributed by atoms with Gasteiger partial charge in [-0.25, -0.2) is 0 Å². The number of aryl methyl sites for hydroxylation is 1. The molecule has 0 heterocycles. The molecule has 0 aliphatic rings. The van der Waals surface area contributed by atoms with Crippen molar-refractivity contribution in [1.82, 2.24) is 0 Å². The maximum Gasteiger partial charge on any atom is 0.311 e. The van der Waals surface area contributed by atoms with Gasteiger partial charge in [0.25, 0.3) is 0 Å². The molecule has 0 saturated carbocycles. The lowest BCUT2D eigenvalue weighted by Gasteiger charge is -2.13. The highest BCUT2D eigenvalue weighted by molar-refractivity contribution is 7.99. The predicted molar refractivity (Wildman–Crippen MR) is 83.1 cm³/mol. The number of hydrogen-bond donors (Lipinski definition) is 2. The number of aliphatic carboxylic acids is 1. The fourth-order valence-corrected chi connectivity index (χ4v) is 3.12. The van der Waals surface area contributed by atoms with E-state index in [4.69, 9.17) is 5.73 Å². The third-order valence-electron chi connectivity index (χ3n) is 3.07. The van der Waals surface area contributed by atoms with Gasteiger partial charge in [-0.05, 0) is 30.2 Å².